The number of hydrogen-bond acceptors (Lipinski definition) is 3. The van der Waals surface area contributed by atoms with Crippen LogP contribution in [0.1, 0.15) is 58.3 Å². The number of aliphatic hydroxyl groups is 1. The fourth-order valence-electron chi connectivity index (χ4n) is 3.40. The first-order valence-electron chi connectivity index (χ1n) is 7.72. The normalized spacial score (nSPS) is 36.3. The Morgan fingerprint density at radius 2 is 2.05 bits per heavy atom. The maximum absolute atomic E-state index is 12.2. The van der Waals surface area contributed by atoms with Crippen LogP contribution in [0, 0.1) is 5.92 Å². The molecule has 2 fully saturated rings. The summed E-state index contributed by atoms with van der Waals surface area (Å²) in [7, 11) is 0. The van der Waals surface area contributed by atoms with E-state index in [9.17, 15) is 9.90 Å². The number of carbonyl (C=O) groups is 1. The zero-order chi connectivity index (χ0) is 13.9. The molecule has 0 aromatic heterocycles. The number of likely N-dealkylation sites (tertiary alicyclic amines) is 1. The van der Waals surface area contributed by atoms with E-state index in [0.717, 1.165) is 38.6 Å². The fraction of sp³-hybridized carbons (Fsp3) is 0.933. The van der Waals surface area contributed by atoms with Gasteiger partial charge in [0.05, 0.1) is 5.60 Å². The molecule has 3 N–H and O–H groups in total. The molecule has 0 spiro atoms. The van der Waals surface area contributed by atoms with Gasteiger partial charge < -0.3 is 15.7 Å². The lowest BCUT2D eigenvalue weighted by Gasteiger charge is -2.37. The van der Waals surface area contributed by atoms with Crippen LogP contribution in [0.2, 0.25) is 0 Å². The second-order valence-electron chi connectivity index (χ2n) is 6.74. The largest absolute Gasteiger partial charge is 0.388 e. The Bertz CT molecular complexity index is 309. The molecule has 0 aromatic rings. The minimum absolute atomic E-state index is 0.217. The van der Waals surface area contributed by atoms with Crippen LogP contribution in [0.4, 0.5) is 0 Å². The van der Waals surface area contributed by atoms with E-state index >= 15 is 0 Å². The van der Waals surface area contributed by atoms with Crippen LogP contribution >= 0.6 is 0 Å². The van der Waals surface area contributed by atoms with Crippen LogP contribution in [-0.2, 0) is 4.79 Å². The first-order valence-corrected chi connectivity index (χ1v) is 7.72. The molecule has 1 unspecified atom stereocenters. The molecule has 1 saturated heterocycles. The van der Waals surface area contributed by atoms with Gasteiger partial charge in [-0.2, -0.15) is 0 Å². The van der Waals surface area contributed by atoms with Crippen molar-refractivity contribution in [3.8, 4) is 0 Å². The van der Waals surface area contributed by atoms with E-state index in [-0.39, 0.29) is 5.91 Å². The number of hydrogen-bond donors (Lipinski definition) is 2. The van der Waals surface area contributed by atoms with Gasteiger partial charge in [-0.25, -0.2) is 0 Å². The lowest BCUT2D eigenvalue weighted by molar-refractivity contribution is -0.137. The van der Waals surface area contributed by atoms with Crippen LogP contribution < -0.4 is 5.73 Å². The topological polar surface area (TPSA) is 66.6 Å². The lowest BCUT2D eigenvalue weighted by Crippen LogP contribution is -2.48. The molecule has 1 amide bonds. The molecule has 1 atom stereocenters. The Kier molecular flexibility index (Phi) is 4.85. The summed E-state index contributed by atoms with van der Waals surface area (Å²) in [5.74, 6) is 0.892. The van der Waals surface area contributed by atoms with E-state index in [4.69, 9.17) is 5.73 Å². The average Bonchev–Trinajstić information content (AvgIpc) is 2.36. The molecular formula is C15H28N2O2. The van der Waals surface area contributed by atoms with Crippen molar-refractivity contribution >= 4 is 5.91 Å². The van der Waals surface area contributed by atoms with E-state index in [1.165, 1.54) is 12.8 Å². The molecule has 1 heterocycles. The molecule has 1 saturated carbocycles. The first-order chi connectivity index (χ1) is 8.96. The molecule has 110 valence electrons. The highest BCUT2D eigenvalue weighted by atomic mass is 16.3. The third-order valence-electron chi connectivity index (χ3n) is 4.69. The first kappa shape index (κ1) is 14.8. The Balaban J connectivity index is 1.72. The van der Waals surface area contributed by atoms with E-state index in [0.29, 0.717) is 24.9 Å². The Labute approximate surface area is 116 Å². The summed E-state index contributed by atoms with van der Waals surface area (Å²) in [6, 6.07) is 0.379. The molecule has 0 bridgehead atoms. The third-order valence-corrected chi connectivity index (χ3v) is 4.69. The maximum atomic E-state index is 12.2. The summed E-state index contributed by atoms with van der Waals surface area (Å²) in [6.45, 7) is 3.14. The van der Waals surface area contributed by atoms with Crippen molar-refractivity contribution in [2.75, 3.05) is 13.1 Å². The minimum atomic E-state index is -0.689. The predicted octanol–water partition coefficient (Wildman–Crippen LogP) is 1.66. The van der Waals surface area contributed by atoms with Gasteiger partial charge in [0.15, 0.2) is 0 Å². The molecule has 1 aliphatic heterocycles. The van der Waals surface area contributed by atoms with Gasteiger partial charge in [-0.3, -0.25) is 4.79 Å². The molecule has 4 nitrogen and oxygen atoms in total. The molecule has 0 radical (unpaired) electrons. The van der Waals surface area contributed by atoms with Crippen molar-refractivity contribution in [2.24, 2.45) is 11.7 Å². The van der Waals surface area contributed by atoms with Crippen LogP contribution in [0.5, 0.6) is 0 Å². The van der Waals surface area contributed by atoms with E-state index < -0.39 is 5.60 Å². The van der Waals surface area contributed by atoms with Crippen LogP contribution in [-0.4, -0.2) is 40.6 Å². The number of nitrogens with zero attached hydrogens (tertiary/aromatic N) is 1. The second kappa shape index (κ2) is 6.23. The van der Waals surface area contributed by atoms with E-state index in [1.54, 1.807) is 0 Å². The van der Waals surface area contributed by atoms with Gasteiger partial charge in [-0.15, -0.1) is 0 Å². The second-order valence-corrected chi connectivity index (χ2v) is 6.74. The van der Waals surface area contributed by atoms with Gasteiger partial charge in [0.2, 0.25) is 5.91 Å². The Morgan fingerprint density at radius 1 is 1.37 bits per heavy atom. The van der Waals surface area contributed by atoms with Crippen molar-refractivity contribution in [3.05, 3.63) is 0 Å². The Hall–Kier alpha value is -0.610. The summed E-state index contributed by atoms with van der Waals surface area (Å²) in [4.78, 5) is 14.0. The van der Waals surface area contributed by atoms with Gasteiger partial charge >= 0.3 is 0 Å². The standard InChI is InChI=1S/C15H28N2O2/c1-15(19)9-2-10-17(11-15)14(18)8-5-12-3-6-13(16)7-4-12/h12-13,19H,2-11,16H2,1H3. The number of carbonyl (C=O) groups excluding carboxylic acids is 1. The SMILES string of the molecule is CC1(O)CCCN(C(=O)CCC2CCC(N)CC2)C1. The summed E-state index contributed by atoms with van der Waals surface area (Å²) in [5.41, 5.74) is 5.21. The summed E-state index contributed by atoms with van der Waals surface area (Å²) >= 11 is 0. The third kappa shape index (κ3) is 4.46. The quantitative estimate of drug-likeness (QED) is 0.818. The van der Waals surface area contributed by atoms with Gasteiger partial charge in [-0.05, 0) is 57.8 Å². The summed E-state index contributed by atoms with van der Waals surface area (Å²) in [5, 5.41) is 10.0. The molecule has 1 aliphatic carbocycles. The van der Waals surface area contributed by atoms with Crippen molar-refractivity contribution in [3.63, 3.8) is 0 Å². The molecule has 19 heavy (non-hydrogen) atoms. The Morgan fingerprint density at radius 3 is 2.68 bits per heavy atom. The number of rotatable bonds is 3. The van der Waals surface area contributed by atoms with Crippen molar-refractivity contribution in [2.45, 2.75) is 69.9 Å². The van der Waals surface area contributed by atoms with Gasteiger partial charge in [0.1, 0.15) is 0 Å². The van der Waals surface area contributed by atoms with Crippen molar-refractivity contribution < 1.29 is 9.90 Å². The van der Waals surface area contributed by atoms with Gasteiger partial charge in [0, 0.05) is 25.6 Å². The molecule has 4 heteroatoms. The molecular weight excluding hydrogens is 240 g/mol. The summed E-state index contributed by atoms with van der Waals surface area (Å²) in [6.07, 6.45) is 7.90. The summed E-state index contributed by atoms with van der Waals surface area (Å²) < 4.78 is 0. The van der Waals surface area contributed by atoms with Crippen molar-refractivity contribution in [1.29, 1.82) is 0 Å². The number of nitrogens with two attached hydrogens (primary N) is 1. The van der Waals surface area contributed by atoms with E-state index in [2.05, 4.69) is 0 Å². The minimum Gasteiger partial charge on any atom is -0.388 e. The smallest absolute Gasteiger partial charge is 0.222 e. The highest BCUT2D eigenvalue weighted by Gasteiger charge is 2.31. The zero-order valence-electron chi connectivity index (χ0n) is 12.1. The van der Waals surface area contributed by atoms with Gasteiger partial charge in [-0.1, -0.05) is 0 Å². The average molecular weight is 268 g/mol. The molecule has 2 rings (SSSR count). The molecule has 0 aromatic carbocycles. The fourth-order valence-corrected chi connectivity index (χ4v) is 3.40. The monoisotopic (exact) mass is 268 g/mol. The maximum Gasteiger partial charge on any atom is 0.222 e. The zero-order valence-corrected chi connectivity index (χ0v) is 12.1. The van der Waals surface area contributed by atoms with E-state index in [1.807, 2.05) is 11.8 Å². The number of β-amino-alcohol motifs (C(OH)–C–C–N with tert-alkyl or cyclic N) is 1. The van der Waals surface area contributed by atoms with Crippen LogP contribution in [0.3, 0.4) is 0 Å². The van der Waals surface area contributed by atoms with Crippen molar-refractivity contribution in [1.82, 2.24) is 4.90 Å². The highest BCUT2D eigenvalue weighted by Crippen LogP contribution is 2.28. The predicted molar refractivity (Wildman–Crippen MR) is 75.6 cm³/mol. The molecule has 2 aliphatic rings. The van der Waals surface area contributed by atoms with Crippen LogP contribution in [0.25, 0.3) is 0 Å². The van der Waals surface area contributed by atoms with Crippen LogP contribution in [0.15, 0.2) is 0 Å². The highest BCUT2D eigenvalue weighted by molar-refractivity contribution is 5.76. The number of piperidine rings is 1. The van der Waals surface area contributed by atoms with Gasteiger partial charge in [0.25, 0.3) is 0 Å². The number of amides is 1. The lowest BCUT2D eigenvalue weighted by atomic mass is 9.83.